The number of pyridine rings is 1. The van der Waals surface area contributed by atoms with Crippen LogP contribution in [0.25, 0.3) is 0 Å². The minimum atomic E-state index is -0.366. The Bertz CT molecular complexity index is 539. The molecule has 0 bridgehead atoms. The van der Waals surface area contributed by atoms with Gasteiger partial charge in [-0.05, 0) is 28.1 Å². The molecule has 2 N–H and O–H groups in total. The minimum Gasteiger partial charge on any atom is -0.317 e. The number of aromatic amines is 1. The van der Waals surface area contributed by atoms with E-state index in [1.807, 2.05) is 6.92 Å². The fraction of sp³-hybridized carbons (Fsp3) is 0.200. The molecule has 0 saturated heterocycles. The zero-order valence-electron chi connectivity index (χ0n) is 9.07. The quantitative estimate of drug-likeness (QED) is 0.846. The second-order valence-corrected chi connectivity index (χ2v) is 4.01. The van der Waals surface area contributed by atoms with Crippen LogP contribution in [0.3, 0.4) is 0 Å². The maximum Gasteiger partial charge on any atom is 0.295 e. The van der Waals surface area contributed by atoms with Gasteiger partial charge < -0.3 is 5.32 Å². The average molecular weight is 296 g/mol. The average Bonchev–Trinajstić information content (AvgIpc) is 2.81. The van der Waals surface area contributed by atoms with E-state index in [4.69, 9.17) is 0 Å². The molecule has 0 aromatic carbocycles. The van der Waals surface area contributed by atoms with Gasteiger partial charge in [0.2, 0.25) is 5.82 Å². The van der Waals surface area contributed by atoms with Gasteiger partial charge in [0.25, 0.3) is 5.91 Å². The monoisotopic (exact) mass is 295 g/mol. The Morgan fingerprint density at radius 2 is 2.41 bits per heavy atom. The normalized spacial score (nSPS) is 10.2. The second-order valence-electron chi connectivity index (χ2n) is 3.26. The molecule has 2 rings (SSSR count). The van der Waals surface area contributed by atoms with Crippen LogP contribution in [0, 0.1) is 0 Å². The SMILES string of the molecule is CCc1nc(C(=O)Nc2cccnc2Br)n[nH]1. The maximum atomic E-state index is 11.8. The molecule has 0 fully saturated rings. The van der Waals surface area contributed by atoms with Crippen LogP contribution < -0.4 is 5.32 Å². The number of nitrogens with zero attached hydrogens (tertiary/aromatic N) is 3. The number of hydrogen-bond donors (Lipinski definition) is 2. The zero-order valence-corrected chi connectivity index (χ0v) is 10.7. The summed E-state index contributed by atoms with van der Waals surface area (Å²) in [5.41, 5.74) is 0.584. The van der Waals surface area contributed by atoms with Gasteiger partial charge in [-0.1, -0.05) is 6.92 Å². The summed E-state index contributed by atoms with van der Waals surface area (Å²) in [5.74, 6) is 0.438. The highest BCUT2D eigenvalue weighted by Crippen LogP contribution is 2.18. The number of hydrogen-bond acceptors (Lipinski definition) is 4. The third kappa shape index (κ3) is 2.68. The summed E-state index contributed by atoms with van der Waals surface area (Å²) >= 11 is 3.24. The predicted octanol–water partition coefficient (Wildman–Crippen LogP) is 1.78. The summed E-state index contributed by atoms with van der Waals surface area (Å²) in [6.07, 6.45) is 2.33. The lowest BCUT2D eigenvalue weighted by atomic mass is 10.4. The predicted molar refractivity (Wildman–Crippen MR) is 65.7 cm³/mol. The fourth-order valence-electron chi connectivity index (χ4n) is 1.21. The molecule has 2 aromatic heterocycles. The Balaban J connectivity index is 2.14. The number of nitrogens with one attached hydrogen (secondary N) is 2. The van der Waals surface area contributed by atoms with Crippen molar-refractivity contribution in [3.05, 3.63) is 34.6 Å². The van der Waals surface area contributed by atoms with E-state index in [2.05, 4.69) is 41.4 Å². The van der Waals surface area contributed by atoms with Crippen LogP contribution in [0.15, 0.2) is 22.9 Å². The van der Waals surface area contributed by atoms with Crippen molar-refractivity contribution in [3.63, 3.8) is 0 Å². The molecule has 0 unspecified atom stereocenters. The topological polar surface area (TPSA) is 83.6 Å². The molecule has 6 nitrogen and oxygen atoms in total. The molecule has 0 aliphatic carbocycles. The van der Waals surface area contributed by atoms with Crippen LogP contribution in [-0.4, -0.2) is 26.1 Å². The van der Waals surface area contributed by atoms with Gasteiger partial charge in [-0.25, -0.2) is 9.97 Å². The van der Waals surface area contributed by atoms with Gasteiger partial charge in [-0.3, -0.25) is 9.89 Å². The molecule has 1 amide bonds. The van der Waals surface area contributed by atoms with Crippen molar-refractivity contribution >= 4 is 27.5 Å². The van der Waals surface area contributed by atoms with Gasteiger partial charge in [0, 0.05) is 12.6 Å². The molecular formula is C10H10BrN5O. The summed E-state index contributed by atoms with van der Waals surface area (Å²) in [4.78, 5) is 19.8. The van der Waals surface area contributed by atoms with Crippen LogP contribution in [0.5, 0.6) is 0 Å². The van der Waals surface area contributed by atoms with Crippen molar-refractivity contribution < 1.29 is 4.79 Å². The first-order valence-corrected chi connectivity index (χ1v) is 5.83. The first-order valence-electron chi connectivity index (χ1n) is 5.04. The van der Waals surface area contributed by atoms with E-state index in [-0.39, 0.29) is 11.7 Å². The van der Waals surface area contributed by atoms with Crippen molar-refractivity contribution in [2.75, 3.05) is 5.32 Å². The van der Waals surface area contributed by atoms with Gasteiger partial charge in [-0.15, -0.1) is 5.10 Å². The Hall–Kier alpha value is -1.76. The molecule has 17 heavy (non-hydrogen) atoms. The van der Waals surface area contributed by atoms with Crippen LogP contribution in [0.4, 0.5) is 5.69 Å². The van der Waals surface area contributed by atoms with Gasteiger partial charge in [0.05, 0.1) is 5.69 Å². The summed E-state index contributed by atoms with van der Waals surface area (Å²) in [5, 5.41) is 9.19. The number of amides is 1. The van der Waals surface area contributed by atoms with E-state index >= 15 is 0 Å². The van der Waals surface area contributed by atoms with Crippen LogP contribution >= 0.6 is 15.9 Å². The molecule has 0 radical (unpaired) electrons. The third-order valence-corrected chi connectivity index (χ3v) is 2.71. The largest absolute Gasteiger partial charge is 0.317 e. The Kier molecular flexibility index (Phi) is 3.48. The smallest absolute Gasteiger partial charge is 0.295 e. The van der Waals surface area contributed by atoms with Crippen LogP contribution in [0.2, 0.25) is 0 Å². The third-order valence-electron chi connectivity index (χ3n) is 2.08. The molecule has 88 valence electrons. The van der Waals surface area contributed by atoms with Crippen LogP contribution in [-0.2, 0) is 6.42 Å². The summed E-state index contributed by atoms with van der Waals surface area (Å²) in [6, 6.07) is 3.47. The van der Waals surface area contributed by atoms with Gasteiger partial charge in [-0.2, -0.15) is 0 Å². The first-order chi connectivity index (χ1) is 8.20. The molecule has 2 aromatic rings. The summed E-state index contributed by atoms with van der Waals surface area (Å²) in [7, 11) is 0. The number of anilines is 1. The molecular weight excluding hydrogens is 286 g/mol. The highest BCUT2D eigenvalue weighted by atomic mass is 79.9. The second kappa shape index (κ2) is 5.05. The number of carbonyl (C=O) groups excluding carboxylic acids is 1. The van der Waals surface area contributed by atoms with Gasteiger partial charge in [0.1, 0.15) is 10.4 Å². The van der Waals surface area contributed by atoms with E-state index in [0.29, 0.717) is 22.5 Å². The Morgan fingerprint density at radius 3 is 3.06 bits per heavy atom. The lowest BCUT2D eigenvalue weighted by Gasteiger charge is -2.03. The lowest BCUT2D eigenvalue weighted by molar-refractivity contribution is 0.101. The van der Waals surface area contributed by atoms with Crippen molar-refractivity contribution in [2.45, 2.75) is 13.3 Å². The highest BCUT2D eigenvalue weighted by Gasteiger charge is 2.13. The molecule has 0 saturated carbocycles. The molecule has 0 aliphatic rings. The van der Waals surface area contributed by atoms with E-state index in [1.165, 1.54) is 0 Å². The highest BCUT2D eigenvalue weighted by molar-refractivity contribution is 9.10. The van der Waals surface area contributed by atoms with Crippen molar-refractivity contribution in [2.24, 2.45) is 0 Å². The van der Waals surface area contributed by atoms with Crippen molar-refractivity contribution in [1.82, 2.24) is 20.2 Å². The zero-order chi connectivity index (χ0) is 12.3. The minimum absolute atomic E-state index is 0.123. The van der Waals surface area contributed by atoms with E-state index < -0.39 is 0 Å². The molecule has 0 atom stereocenters. The van der Waals surface area contributed by atoms with E-state index in [1.54, 1.807) is 18.3 Å². The van der Waals surface area contributed by atoms with Crippen molar-refractivity contribution in [1.29, 1.82) is 0 Å². The van der Waals surface area contributed by atoms with Gasteiger partial charge >= 0.3 is 0 Å². The van der Waals surface area contributed by atoms with Crippen LogP contribution in [0.1, 0.15) is 23.4 Å². The summed E-state index contributed by atoms with van der Waals surface area (Å²) in [6.45, 7) is 1.93. The molecule has 2 heterocycles. The van der Waals surface area contributed by atoms with E-state index in [0.717, 1.165) is 0 Å². The summed E-state index contributed by atoms with van der Waals surface area (Å²) < 4.78 is 0.569. The van der Waals surface area contributed by atoms with Crippen molar-refractivity contribution in [3.8, 4) is 0 Å². The fourth-order valence-corrected chi connectivity index (χ4v) is 1.56. The molecule has 7 heteroatoms. The first kappa shape index (κ1) is 11.7. The number of aryl methyl sites for hydroxylation is 1. The van der Waals surface area contributed by atoms with Gasteiger partial charge in [0.15, 0.2) is 0 Å². The standard InChI is InChI=1S/C10H10BrN5O/c1-2-7-14-9(16-15-7)10(17)13-6-4-3-5-12-8(6)11/h3-5H,2H2,1H3,(H,13,17)(H,14,15,16). The number of halogens is 1. The maximum absolute atomic E-state index is 11.8. The lowest BCUT2D eigenvalue weighted by Crippen LogP contribution is -2.14. The van der Waals surface area contributed by atoms with E-state index in [9.17, 15) is 4.79 Å². The number of carbonyl (C=O) groups is 1. The number of H-pyrrole nitrogens is 1. The molecule has 0 spiro atoms. The number of rotatable bonds is 3. The Morgan fingerprint density at radius 1 is 1.59 bits per heavy atom. The molecule has 0 aliphatic heterocycles. The Labute approximate surface area is 106 Å². The number of aromatic nitrogens is 4.